The maximum Gasteiger partial charge on any atom is 0.0674 e. The fraction of sp³-hybridized carbons (Fsp3) is 1.00. The zero-order valence-corrected chi connectivity index (χ0v) is 12.6. The minimum Gasteiger partial charge on any atom is -0.376 e. The van der Waals surface area contributed by atoms with Crippen LogP contribution in [0.1, 0.15) is 40.5 Å². The topological polar surface area (TPSA) is 24.5 Å². The SMILES string of the molecule is CNC1CC(C)CC(C)C1N1CC(C)OCC1C. The van der Waals surface area contributed by atoms with E-state index < -0.39 is 0 Å². The van der Waals surface area contributed by atoms with Gasteiger partial charge in [-0.05, 0) is 45.6 Å². The Morgan fingerprint density at radius 3 is 2.50 bits per heavy atom. The highest BCUT2D eigenvalue weighted by atomic mass is 16.5. The molecular weight excluding hydrogens is 224 g/mol. The van der Waals surface area contributed by atoms with Crippen LogP contribution in [0.3, 0.4) is 0 Å². The van der Waals surface area contributed by atoms with E-state index in [1.165, 1.54) is 12.8 Å². The quantitative estimate of drug-likeness (QED) is 0.817. The molecular formula is C15H30N2O. The van der Waals surface area contributed by atoms with Gasteiger partial charge < -0.3 is 10.1 Å². The lowest BCUT2D eigenvalue weighted by molar-refractivity contribution is -0.0881. The highest BCUT2D eigenvalue weighted by Gasteiger charge is 2.40. The Labute approximate surface area is 112 Å². The standard InChI is InChI=1S/C15H30N2O/c1-10-6-11(2)15(14(7-10)16-5)17-8-13(4)18-9-12(17)3/h10-16H,6-9H2,1-5H3. The molecule has 1 saturated carbocycles. The largest absolute Gasteiger partial charge is 0.376 e. The van der Waals surface area contributed by atoms with Gasteiger partial charge in [0, 0.05) is 24.7 Å². The van der Waals surface area contributed by atoms with Crippen LogP contribution in [0.15, 0.2) is 0 Å². The van der Waals surface area contributed by atoms with Crippen molar-refractivity contribution >= 4 is 0 Å². The number of hydrogen-bond donors (Lipinski definition) is 1. The fourth-order valence-electron chi connectivity index (χ4n) is 4.03. The third-order valence-corrected chi connectivity index (χ3v) is 4.84. The molecule has 3 nitrogen and oxygen atoms in total. The minimum absolute atomic E-state index is 0.380. The monoisotopic (exact) mass is 254 g/mol. The summed E-state index contributed by atoms with van der Waals surface area (Å²) in [5, 5.41) is 3.57. The molecule has 0 aromatic heterocycles. The first-order valence-corrected chi connectivity index (χ1v) is 7.57. The van der Waals surface area contributed by atoms with Gasteiger partial charge in [0.15, 0.2) is 0 Å². The lowest BCUT2D eigenvalue weighted by Crippen LogP contribution is -2.62. The van der Waals surface area contributed by atoms with Crippen molar-refractivity contribution in [2.45, 2.75) is 64.8 Å². The second kappa shape index (κ2) is 5.89. The molecule has 2 aliphatic rings. The Bertz CT molecular complexity index is 271. The van der Waals surface area contributed by atoms with E-state index >= 15 is 0 Å². The molecule has 2 fully saturated rings. The molecule has 0 radical (unpaired) electrons. The summed E-state index contributed by atoms with van der Waals surface area (Å²) in [6.07, 6.45) is 3.05. The lowest BCUT2D eigenvalue weighted by Gasteiger charge is -2.50. The molecule has 18 heavy (non-hydrogen) atoms. The maximum atomic E-state index is 5.77. The van der Waals surface area contributed by atoms with Crippen LogP contribution in [-0.2, 0) is 4.74 Å². The summed E-state index contributed by atoms with van der Waals surface area (Å²) >= 11 is 0. The molecule has 1 saturated heterocycles. The molecule has 1 aliphatic carbocycles. The van der Waals surface area contributed by atoms with Crippen LogP contribution in [0, 0.1) is 11.8 Å². The fourth-order valence-corrected chi connectivity index (χ4v) is 4.03. The Morgan fingerprint density at radius 1 is 1.11 bits per heavy atom. The predicted octanol–water partition coefficient (Wildman–Crippen LogP) is 2.12. The van der Waals surface area contributed by atoms with E-state index in [0.717, 1.165) is 25.0 Å². The zero-order valence-electron chi connectivity index (χ0n) is 12.6. The Balaban J connectivity index is 2.12. The summed E-state index contributed by atoms with van der Waals surface area (Å²) in [5.41, 5.74) is 0. The maximum absolute atomic E-state index is 5.77. The second-order valence-corrected chi connectivity index (χ2v) is 6.63. The van der Waals surface area contributed by atoms with E-state index in [4.69, 9.17) is 4.74 Å². The highest BCUT2D eigenvalue weighted by molar-refractivity contribution is 4.96. The van der Waals surface area contributed by atoms with E-state index in [0.29, 0.717) is 24.2 Å². The molecule has 0 aromatic rings. The molecule has 1 N–H and O–H groups in total. The van der Waals surface area contributed by atoms with Gasteiger partial charge in [-0.2, -0.15) is 0 Å². The van der Waals surface area contributed by atoms with Gasteiger partial charge >= 0.3 is 0 Å². The molecule has 106 valence electrons. The summed E-state index contributed by atoms with van der Waals surface area (Å²) in [6.45, 7) is 11.3. The number of nitrogens with one attached hydrogen (secondary N) is 1. The van der Waals surface area contributed by atoms with Crippen LogP contribution in [0.2, 0.25) is 0 Å². The molecule has 6 atom stereocenters. The first-order chi connectivity index (χ1) is 8.52. The Kier molecular flexibility index (Phi) is 4.68. The van der Waals surface area contributed by atoms with E-state index in [9.17, 15) is 0 Å². The first kappa shape index (κ1) is 14.3. The summed E-state index contributed by atoms with van der Waals surface area (Å²) in [4.78, 5) is 2.70. The van der Waals surface area contributed by atoms with Gasteiger partial charge in [-0.1, -0.05) is 13.8 Å². The van der Waals surface area contributed by atoms with E-state index in [1.807, 2.05) is 0 Å². The number of likely N-dealkylation sites (N-methyl/N-ethyl adjacent to an activating group) is 1. The smallest absolute Gasteiger partial charge is 0.0674 e. The minimum atomic E-state index is 0.380. The first-order valence-electron chi connectivity index (χ1n) is 7.57. The third kappa shape index (κ3) is 2.89. The molecule has 0 spiro atoms. The summed E-state index contributed by atoms with van der Waals surface area (Å²) < 4.78 is 5.77. The zero-order chi connectivity index (χ0) is 13.3. The Morgan fingerprint density at radius 2 is 1.83 bits per heavy atom. The third-order valence-electron chi connectivity index (χ3n) is 4.84. The van der Waals surface area contributed by atoms with Crippen molar-refractivity contribution in [1.29, 1.82) is 0 Å². The summed E-state index contributed by atoms with van der Waals surface area (Å²) in [7, 11) is 2.12. The normalized spacial score (nSPS) is 47.2. The molecule has 0 aromatic carbocycles. The van der Waals surface area contributed by atoms with Crippen molar-refractivity contribution in [1.82, 2.24) is 10.2 Å². The van der Waals surface area contributed by atoms with Crippen LogP contribution < -0.4 is 5.32 Å². The van der Waals surface area contributed by atoms with Gasteiger partial charge in [0.25, 0.3) is 0 Å². The molecule has 2 rings (SSSR count). The van der Waals surface area contributed by atoms with Gasteiger partial charge in [-0.15, -0.1) is 0 Å². The predicted molar refractivity (Wildman–Crippen MR) is 75.8 cm³/mol. The average Bonchev–Trinajstić information content (AvgIpc) is 2.32. The van der Waals surface area contributed by atoms with Crippen molar-refractivity contribution in [2.24, 2.45) is 11.8 Å². The van der Waals surface area contributed by atoms with Crippen LogP contribution >= 0.6 is 0 Å². The van der Waals surface area contributed by atoms with Crippen molar-refractivity contribution in [2.75, 3.05) is 20.2 Å². The summed E-state index contributed by atoms with van der Waals surface area (Å²) in [6, 6.07) is 1.86. The van der Waals surface area contributed by atoms with Crippen molar-refractivity contribution < 1.29 is 4.74 Å². The lowest BCUT2D eigenvalue weighted by atomic mass is 9.75. The second-order valence-electron chi connectivity index (χ2n) is 6.63. The average molecular weight is 254 g/mol. The van der Waals surface area contributed by atoms with E-state index in [-0.39, 0.29) is 0 Å². The van der Waals surface area contributed by atoms with Gasteiger partial charge in [0.2, 0.25) is 0 Å². The van der Waals surface area contributed by atoms with Crippen LogP contribution in [-0.4, -0.2) is 49.3 Å². The summed E-state index contributed by atoms with van der Waals surface area (Å²) in [5.74, 6) is 1.63. The molecule has 1 aliphatic heterocycles. The van der Waals surface area contributed by atoms with Crippen molar-refractivity contribution in [3.05, 3.63) is 0 Å². The van der Waals surface area contributed by atoms with Crippen molar-refractivity contribution in [3.8, 4) is 0 Å². The van der Waals surface area contributed by atoms with E-state index in [1.54, 1.807) is 0 Å². The number of morpholine rings is 1. The van der Waals surface area contributed by atoms with Gasteiger partial charge in [-0.3, -0.25) is 4.90 Å². The molecule has 6 unspecified atom stereocenters. The van der Waals surface area contributed by atoms with Gasteiger partial charge in [-0.25, -0.2) is 0 Å². The molecule has 0 bridgehead atoms. The van der Waals surface area contributed by atoms with Crippen molar-refractivity contribution in [3.63, 3.8) is 0 Å². The van der Waals surface area contributed by atoms with Crippen LogP contribution in [0.5, 0.6) is 0 Å². The molecule has 3 heteroatoms. The van der Waals surface area contributed by atoms with Crippen LogP contribution in [0.4, 0.5) is 0 Å². The van der Waals surface area contributed by atoms with Gasteiger partial charge in [0.1, 0.15) is 0 Å². The molecule has 1 heterocycles. The van der Waals surface area contributed by atoms with E-state index in [2.05, 4.69) is 45.0 Å². The molecule has 0 amide bonds. The number of ether oxygens (including phenoxy) is 1. The number of nitrogens with zero attached hydrogens (tertiary/aromatic N) is 1. The number of rotatable bonds is 2. The van der Waals surface area contributed by atoms with Gasteiger partial charge in [0.05, 0.1) is 12.7 Å². The Hall–Kier alpha value is -0.120. The highest BCUT2D eigenvalue weighted by Crippen LogP contribution is 2.34. The number of hydrogen-bond acceptors (Lipinski definition) is 3. The van der Waals surface area contributed by atoms with Crippen LogP contribution in [0.25, 0.3) is 0 Å².